The molecular weight excluding hydrogens is 240 g/mol. The van der Waals surface area contributed by atoms with E-state index >= 15 is 0 Å². The Bertz CT molecular complexity index is 379. The summed E-state index contributed by atoms with van der Waals surface area (Å²) in [5, 5.41) is 0. The second-order valence-corrected chi connectivity index (χ2v) is 4.21. The van der Waals surface area contributed by atoms with Gasteiger partial charge in [-0.05, 0) is 18.6 Å². The van der Waals surface area contributed by atoms with Crippen LogP contribution in [0.3, 0.4) is 0 Å². The third-order valence-corrected chi connectivity index (χ3v) is 2.90. The molecular formula is C13H17F2NO2. The van der Waals surface area contributed by atoms with Crippen LogP contribution in [0.2, 0.25) is 0 Å². The lowest BCUT2D eigenvalue weighted by molar-refractivity contribution is 0.137. The van der Waals surface area contributed by atoms with Gasteiger partial charge >= 0.3 is 0 Å². The first-order chi connectivity index (χ1) is 8.77. The fourth-order valence-electron chi connectivity index (χ4n) is 1.90. The van der Waals surface area contributed by atoms with Crippen molar-refractivity contribution < 1.29 is 18.3 Å². The van der Waals surface area contributed by atoms with Gasteiger partial charge < -0.3 is 9.47 Å². The maximum Gasteiger partial charge on any atom is 0.200 e. The first-order valence-electron chi connectivity index (χ1n) is 6.14. The second-order valence-electron chi connectivity index (χ2n) is 4.21. The van der Waals surface area contributed by atoms with Crippen molar-refractivity contribution in [2.45, 2.75) is 6.42 Å². The van der Waals surface area contributed by atoms with E-state index in [0.29, 0.717) is 19.8 Å². The standard InChI is InChI=1S/C13H17F2NO2/c14-11-3-1-4-12(13(11)15)18-10-7-16-5-2-8-17-9-6-16/h1,3-4H,2,5-10H2. The lowest BCUT2D eigenvalue weighted by atomic mass is 10.3. The summed E-state index contributed by atoms with van der Waals surface area (Å²) >= 11 is 0. The Morgan fingerprint density at radius 3 is 3.00 bits per heavy atom. The van der Waals surface area contributed by atoms with E-state index in [1.54, 1.807) is 0 Å². The maximum absolute atomic E-state index is 13.3. The third kappa shape index (κ3) is 3.65. The Hall–Kier alpha value is -1.20. The van der Waals surface area contributed by atoms with Gasteiger partial charge in [-0.2, -0.15) is 4.39 Å². The molecule has 0 unspecified atom stereocenters. The van der Waals surface area contributed by atoms with Gasteiger partial charge in [0.05, 0.1) is 6.61 Å². The zero-order valence-electron chi connectivity index (χ0n) is 10.2. The Kier molecular flexibility index (Phi) is 4.90. The van der Waals surface area contributed by atoms with Gasteiger partial charge in [0.1, 0.15) is 6.61 Å². The normalized spacial score (nSPS) is 17.4. The number of nitrogens with zero attached hydrogens (tertiary/aromatic N) is 1. The van der Waals surface area contributed by atoms with Gasteiger partial charge in [-0.3, -0.25) is 4.90 Å². The smallest absolute Gasteiger partial charge is 0.200 e. The molecule has 0 aliphatic carbocycles. The second kappa shape index (κ2) is 6.66. The van der Waals surface area contributed by atoms with Crippen molar-refractivity contribution in [3.63, 3.8) is 0 Å². The Morgan fingerprint density at radius 2 is 2.11 bits per heavy atom. The lowest BCUT2D eigenvalue weighted by Gasteiger charge is -2.19. The highest BCUT2D eigenvalue weighted by atomic mass is 19.2. The van der Waals surface area contributed by atoms with Gasteiger partial charge in [0.2, 0.25) is 5.82 Å². The molecule has 18 heavy (non-hydrogen) atoms. The van der Waals surface area contributed by atoms with Gasteiger partial charge in [0.15, 0.2) is 11.6 Å². The summed E-state index contributed by atoms with van der Waals surface area (Å²) in [7, 11) is 0. The minimum Gasteiger partial charge on any atom is -0.489 e. The van der Waals surface area contributed by atoms with Crippen LogP contribution >= 0.6 is 0 Å². The molecule has 1 aromatic rings. The van der Waals surface area contributed by atoms with Crippen molar-refractivity contribution >= 4 is 0 Å². The lowest BCUT2D eigenvalue weighted by Crippen LogP contribution is -2.30. The first-order valence-corrected chi connectivity index (χ1v) is 6.14. The molecule has 0 radical (unpaired) electrons. The molecule has 1 fully saturated rings. The van der Waals surface area contributed by atoms with E-state index in [4.69, 9.17) is 9.47 Å². The summed E-state index contributed by atoms with van der Waals surface area (Å²) in [5.74, 6) is -1.83. The molecule has 0 aromatic heterocycles. The number of ether oxygens (including phenoxy) is 2. The SMILES string of the molecule is Fc1cccc(OCCN2CCCOCC2)c1F. The van der Waals surface area contributed by atoms with Crippen LogP contribution in [0.1, 0.15) is 6.42 Å². The third-order valence-electron chi connectivity index (χ3n) is 2.90. The summed E-state index contributed by atoms with van der Waals surface area (Å²) in [6.07, 6.45) is 0.994. The van der Waals surface area contributed by atoms with Gasteiger partial charge in [0, 0.05) is 26.2 Å². The molecule has 0 amide bonds. The molecule has 5 heteroatoms. The minimum absolute atomic E-state index is 0.0268. The number of hydrogen-bond donors (Lipinski definition) is 0. The Balaban J connectivity index is 1.79. The van der Waals surface area contributed by atoms with Crippen LogP contribution in [0.25, 0.3) is 0 Å². The Labute approximate surface area is 105 Å². The molecule has 1 aromatic carbocycles. The molecule has 0 spiro atoms. The predicted molar refractivity (Wildman–Crippen MR) is 63.7 cm³/mol. The molecule has 1 heterocycles. The minimum atomic E-state index is -0.920. The largest absolute Gasteiger partial charge is 0.489 e. The van der Waals surface area contributed by atoms with E-state index in [1.165, 1.54) is 12.1 Å². The summed E-state index contributed by atoms with van der Waals surface area (Å²) < 4.78 is 36.8. The van der Waals surface area contributed by atoms with Crippen molar-refractivity contribution in [3.05, 3.63) is 29.8 Å². The van der Waals surface area contributed by atoms with E-state index in [-0.39, 0.29) is 5.75 Å². The van der Waals surface area contributed by atoms with Crippen LogP contribution in [-0.4, -0.2) is 44.4 Å². The average molecular weight is 257 g/mol. The Morgan fingerprint density at radius 1 is 1.22 bits per heavy atom. The number of hydrogen-bond acceptors (Lipinski definition) is 3. The molecule has 0 saturated carbocycles. The molecule has 1 aliphatic heterocycles. The van der Waals surface area contributed by atoms with Crippen molar-refractivity contribution in [2.75, 3.05) is 39.5 Å². The average Bonchev–Trinajstić information content (AvgIpc) is 2.63. The zero-order valence-corrected chi connectivity index (χ0v) is 10.2. The van der Waals surface area contributed by atoms with Crippen molar-refractivity contribution in [2.24, 2.45) is 0 Å². The van der Waals surface area contributed by atoms with E-state index < -0.39 is 11.6 Å². The van der Waals surface area contributed by atoms with Crippen LogP contribution in [0, 0.1) is 11.6 Å². The summed E-state index contributed by atoms with van der Waals surface area (Å²) in [6.45, 7) is 4.36. The van der Waals surface area contributed by atoms with Gasteiger partial charge in [0.25, 0.3) is 0 Å². The van der Waals surface area contributed by atoms with Crippen LogP contribution in [0.15, 0.2) is 18.2 Å². The molecule has 3 nitrogen and oxygen atoms in total. The summed E-state index contributed by atoms with van der Waals surface area (Å²) in [6, 6.07) is 3.95. The van der Waals surface area contributed by atoms with E-state index in [9.17, 15) is 8.78 Å². The van der Waals surface area contributed by atoms with Crippen molar-refractivity contribution in [3.8, 4) is 5.75 Å². The monoisotopic (exact) mass is 257 g/mol. The predicted octanol–water partition coefficient (Wildman–Crippen LogP) is 2.07. The maximum atomic E-state index is 13.3. The first kappa shape index (κ1) is 13.2. The molecule has 100 valence electrons. The van der Waals surface area contributed by atoms with Crippen molar-refractivity contribution in [1.82, 2.24) is 4.90 Å². The molecule has 1 saturated heterocycles. The van der Waals surface area contributed by atoms with Crippen LogP contribution in [0.5, 0.6) is 5.75 Å². The fourth-order valence-corrected chi connectivity index (χ4v) is 1.90. The molecule has 0 bridgehead atoms. The molecule has 2 rings (SSSR count). The number of rotatable bonds is 4. The van der Waals surface area contributed by atoms with Crippen LogP contribution in [0.4, 0.5) is 8.78 Å². The summed E-state index contributed by atoms with van der Waals surface area (Å²) in [5.41, 5.74) is 0. The highest BCUT2D eigenvalue weighted by molar-refractivity contribution is 5.24. The molecule has 1 aliphatic rings. The number of benzene rings is 1. The summed E-state index contributed by atoms with van der Waals surface area (Å²) in [4.78, 5) is 2.20. The highest BCUT2D eigenvalue weighted by Crippen LogP contribution is 2.18. The highest BCUT2D eigenvalue weighted by Gasteiger charge is 2.11. The van der Waals surface area contributed by atoms with Gasteiger partial charge in [-0.25, -0.2) is 4.39 Å². The van der Waals surface area contributed by atoms with Crippen LogP contribution in [-0.2, 0) is 4.74 Å². The zero-order chi connectivity index (χ0) is 12.8. The molecule has 0 atom stereocenters. The van der Waals surface area contributed by atoms with E-state index in [1.807, 2.05) is 0 Å². The van der Waals surface area contributed by atoms with Crippen LogP contribution < -0.4 is 4.74 Å². The topological polar surface area (TPSA) is 21.7 Å². The van der Waals surface area contributed by atoms with E-state index in [2.05, 4.69) is 4.90 Å². The quantitative estimate of drug-likeness (QED) is 0.824. The number of halogens is 2. The molecule has 0 N–H and O–H groups in total. The fraction of sp³-hybridized carbons (Fsp3) is 0.538. The van der Waals surface area contributed by atoms with Gasteiger partial charge in [-0.1, -0.05) is 6.07 Å². The van der Waals surface area contributed by atoms with Crippen molar-refractivity contribution in [1.29, 1.82) is 0 Å². The van der Waals surface area contributed by atoms with Gasteiger partial charge in [-0.15, -0.1) is 0 Å². The van der Waals surface area contributed by atoms with E-state index in [0.717, 1.165) is 32.2 Å².